The molecule has 2 aromatic carbocycles. The molecule has 1 aromatic heterocycles. The van der Waals surface area contributed by atoms with Crippen LogP contribution in [-0.4, -0.2) is 8.42 Å². The number of fused-ring (bicyclic) bond motifs is 2. The van der Waals surface area contributed by atoms with E-state index in [0.29, 0.717) is 11.0 Å². The Morgan fingerprint density at radius 3 is 1.72 bits per heavy atom. The zero-order chi connectivity index (χ0) is 12.8. The highest BCUT2D eigenvalue weighted by Crippen LogP contribution is 2.18. The number of nitrogens with zero attached hydrogens (tertiary/aromatic N) is 1. The third-order valence-electron chi connectivity index (χ3n) is 2.88. The maximum absolute atomic E-state index is 11.8. The van der Waals surface area contributed by atoms with Crippen molar-refractivity contribution in [2.75, 3.05) is 0 Å². The third kappa shape index (κ3) is 1.64. The molecule has 2 N–H and O–H groups in total. The van der Waals surface area contributed by atoms with Crippen LogP contribution in [0.3, 0.4) is 0 Å². The van der Waals surface area contributed by atoms with E-state index in [2.05, 4.69) is 0 Å². The Balaban J connectivity index is 2.67. The third-order valence-corrected chi connectivity index (χ3v) is 3.78. The Morgan fingerprint density at radius 1 is 0.833 bits per heavy atom. The van der Waals surface area contributed by atoms with Crippen molar-refractivity contribution in [2.24, 2.45) is 5.14 Å². The highest BCUT2D eigenvalue weighted by Gasteiger charge is 2.24. The van der Waals surface area contributed by atoms with Crippen LogP contribution in [0.5, 0.6) is 0 Å². The molecule has 0 spiro atoms. The number of rotatable bonds is 1. The van der Waals surface area contributed by atoms with Crippen molar-refractivity contribution >= 4 is 32.0 Å². The summed E-state index contributed by atoms with van der Waals surface area (Å²) in [5.41, 5.74) is 1.16. The van der Waals surface area contributed by atoms with Gasteiger partial charge in [-0.2, -0.15) is 5.14 Å². The first-order chi connectivity index (χ1) is 8.57. The number of pyridine rings is 1. The largest absolute Gasteiger partial charge is 0.443 e. The van der Waals surface area contributed by atoms with Gasteiger partial charge in [-0.05, 0) is 18.2 Å². The number of benzene rings is 2. The molecule has 0 bridgehead atoms. The van der Waals surface area contributed by atoms with Gasteiger partial charge in [-0.15, -0.1) is 8.42 Å². The molecule has 1 heterocycles. The normalized spacial score (nSPS) is 12.1. The quantitative estimate of drug-likeness (QED) is 0.529. The molecule has 0 radical (unpaired) electrons. The van der Waals surface area contributed by atoms with Crippen molar-refractivity contribution in [3.8, 4) is 0 Å². The molecule has 0 unspecified atom stereocenters. The van der Waals surface area contributed by atoms with E-state index in [-0.39, 0.29) is 0 Å². The maximum atomic E-state index is 11.8. The van der Waals surface area contributed by atoms with E-state index in [1.54, 1.807) is 24.3 Å². The lowest BCUT2D eigenvalue weighted by atomic mass is 10.1. The predicted octanol–water partition coefficient (Wildman–Crippen LogP) is 1.33. The first-order valence-electron chi connectivity index (χ1n) is 5.43. The minimum Gasteiger partial charge on any atom is -0.172 e. The zero-order valence-corrected chi connectivity index (χ0v) is 10.3. The van der Waals surface area contributed by atoms with E-state index < -0.39 is 10.2 Å². The van der Waals surface area contributed by atoms with Gasteiger partial charge in [-0.1, -0.05) is 28.2 Å². The lowest BCUT2D eigenvalue weighted by Gasteiger charge is -2.02. The van der Waals surface area contributed by atoms with Gasteiger partial charge < -0.3 is 0 Å². The van der Waals surface area contributed by atoms with Crippen LogP contribution in [0.4, 0.5) is 0 Å². The van der Waals surface area contributed by atoms with Crippen LogP contribution in [0.2, 0.25) is 0 Å². The SMILES string of the molecule is NS(=O)(=O)[n+]1c2ccccc2cc2ccccc21. The first kappa shape index (κ1) is 11.1. The van der Waals surface area contributed by atoms with Gasteiger partial charge in [-0.3, -0.25) is 0 Å². The van der Waals surface area contributed by atoms with Crippen LogP contribution in [0.15, 0.2) is 54.6 Å². The van der Waals surface area contributed by atoms with Crippen molar-refractivity contribution < 1.29 is 12.4 Å². The average molecular weight is 259 g/mol. The van der Waals surface area contributed by atoms with Crippen molar-refractivity contribution in [1.29, 1.82) is 0 Å². The second-order valence-electron chi connectivity index (χ2n) is 4.07. The van der Waals surface area contributed by atoms with Crippen LogP contribution >= 0.6 is 0 Å². The van der Waals surface area contributed by atoms with E-state index in [4.69, 9.17) is 5.14 Å². The Bertz CT molecular complexity index is 803. The minimum atomic E-state index is -3.84. The molecule has 0 fully saturated rings. The Hall–Kier alpha value is -1.98. The molecule has 4 nitrogen and oxygen atoms in total. The van der Waals surface area contributed by atoms with E-state index in [1.807, 2.05) is 30.3 Å². The minimum absolute atomic E-state index is 0.582. The predicted molar refractivity (Wildman–Crippen MR) is 70.2 cm³/mol. The molecular weight excluding hydrogens is 248 g/mol. The van der Waals surface area contributed by atoms with Gasteiger partial charge in [0.2, 0.25) is 11.0 Å². The van der Waals surface area contributed by atoms with E-state index in [9.17, 15) is 8.42 Å². The summed E-state index contributed by atoms with van der Waals surface area (Å²) in [5, 5.41) is 7.00. The van der Waals surface area contributed by atoms with Gasteiger partial charge in [0.15, 0.2) is 0 Å². The fourth-order valence-corrected chi connectivity index (χ4v) is 3.04. The van der Waals surface area contributed by atoms with Gasteiger partial charge in [0.1, 0.15) is 0 Å². The molecule has 18 heavy (non-hydrogen) atoms. The number of hydrogen-bond donors (Lipinski definition) is 1. The highest BCUT2D eigenvalue weighted by atomic mass is 32.2. The lowest BCUT2D eigenvalue weighted by Crippen LogP contribution is -2.48. The molecule has 0 aliphatic carbocycles. The molecule has 0 saturated heterocycles. The number of hydrogen-bond acceptors (Lipinski definition) is 2. The Labute approximate surface area is 104 Å². The molecule has 3 aromatic rings. The topological polar surface area (TPSA) is 64.0 Å². The molecule has 0 aliphatic heterocycles. The Kier molecular flexibility index (Phi) is 2.33. The smallest absolute Gasteiger partial charge is 0.172 e. The summed E-state index contributed by atoms with van der Waals surface area (Å²) in [5.74, 6) is 0. The molecule has 0 saturated carbocycles. The van der Waals surface area contributed by atoms with Crippen LogP contribution in [0.25, 0.3) is 21.8 Å². The van der Waals surface area contributed by atoms with Crippen molar-refractivity contribution in [2.45, 2.75) is 0 Å². The number of para-hydroxylation sites is 2. The van der Waals surface area contributed by atoms with Crippen LogP contribution in [0, 0.1) is 0 Å². The van der Waals surface area contributed by atoms with Gasteiger partial charge in [0, 0.05) is 22.9 Å². The van der Waals surface area contributed by atoms with Gasteiger partial charge in [-0.25, -0.2) is 0 Å². The molecule has 0 atom stereocenters. The van der Waals surface area contributed by atoms with E-state index >= 15 is 0 Å². The molecule has 90 valence electrons. The fraction of sp³-hybridized carbons (Fsp3) is 0. The summed E-state index contributed by atoms with van der Waals surface area (Å²) >= 11 is 0. The molecular formula is C13H11N2O2S+. The van der Waals surface area contributed by atoms with E-state index in [0.717, 1.165) is 10.8 Å². The molecule has 3 rings (SSSR count). The summed E-state index contributed by atoms with van der Waals surface area (Å²) < 4.78 is 24.8. The number of nitrogens with two attached hydrogens (primary N) is 1. The molecule has 0 amide bonds. The van der Waals surface area contributed by atoms with Gasteiger partial charge >= 0.3 is 10.2 Å². The van der Waals surface area contributed by atoms with Crippen molar-refractivity contribution in [3.05, 3.63) is 54.6 Å². The van der Waals surface area contributed by atoms with Gasteiger partial charge in [0.25, 0.3) is 0 Å². The first-order valence-corrected chi connectivity index (χ1v) is 6.93. The average Bonchev–Trinajstić information content (AvgIpc) is 2.34. The van der Waals surface area contributed by atoms with Crippen LogP contribution in [-0.2, 0) is 10.2 Å². The zero-order valence-electron chi connectivity index (χ0n) is 9.45. The van der Waals surface area contributed by atoms with Gasteiger partial charge in [0.05, 0.1) is 0 Å². The van der Waals surface area contributed by atoms with E-state index in [1.165, 1.54) is 3.97 Å². The molecule has 5 heteroatoms. The summed E-state index contributed by atoms with van der Waals surface area (Å²) in [4.78, 5) is 0. The van der Waals surface area contributed by atoms with Crippen molar-refractivity contribution in [3.63, 3.8) is 0 Å². The summed E-state index contributed by atoms with van der Waals surface area (Å²) in [6.07, 6.45) is 0. The summed E-state index contributed by atoms with van der Waals surface area (Å²) in [6.45, 7) is 0. The lowest BCUT2D eigenvalue weighted by molar-refractivity contribution is -0.449. The summed E-state index contributed by atoms with van der Waals surface area (Å²) in [6, 6.07) is 16.5. The Morgan fingerprint density at radius 2 is 1.28 bits per heavy atom. The highest BCUT2D eigenvalue weighted by molar-refractivity contribution is 7.82. The second-order valence-corrected chi connectivity index (χ2v) is 5.47. The number of aromatic nitrogens is 1. The van der Waals surface area contributed by atoms with Crippen LogP contribution in [0.1, 0.15) is 0 Å². The standard InChI is InChI=1S/C13H11N2O2S/c14-18(16,17)15-12-7-3-1-5-10(12)9-11-6-2-4-8-13(11)15/h1-9H,(H2,14,16,17)/q+1. The summed E-state index contributed by atoms with van der Waals surface area (Å²) in [7, 11) is -3.84. The van der Waals surface area contributed by atoms with Crippen molar-refractivity contribution in [1.82, 2.24) is 0 Å². The maximum Gasteiger partial charge on any atom is 0.443 e. The second kappa shape index (κ2) is 3.76. The molecule has 0 aliphatic rings. The van der Waals surface area contributed by atoms with Crippen LogP contribution < -0.4 is 9.11 Å². The fourth-order valence-electron chi connectivity index (χ4n) is 2.16. The monoisotopic (exact) mass is 259 g/mol.